The van der Waals surface area contributed by atoms with Crippen molar-refractivity contribution in [1.29, 1.82) is 0 Å². The van der Waals surface area contributed by atoms with E-state index in [0.29, 0.717) is 24.7 Å². The van der Waals surface area contributed by atoms with Crippen molar-refractivity contribution in [2.75, 3.05) is 33.4 Å². The minimum Gasteiger partial charge on any atom is -0.453 e. The number of nitrogens with one attached hydrogen (secondary N) is 1. The maximum atomic E-state index is 12.9. The van der Waals surface area contributed by atoms with Crippen molar-refractivity contribution in [3.63, 3.8) is 0 Å². The van der Waals surface area contributed by atoms with Gasteiger partial charge in [-0.15, -0.1) is 0 Å². The van der Waals surface area contributed by atoms with Gasteiger partial charge in [0.15, 0.2) is 0 Å². The lowest BCUT2D eigenvalue weighted by Gasteiger charge is -2.48. The maximum absolute atomic E-state index is 12.9. The van der Waals surface area contributed by atoms with Crippen LogP contribution >= 0.6 is 11.6 Å². The van der Waals surface area contributed by atoms with Gasteiger partial charge in [-0.1, -0.05) is 37.1 Å². The summed E-state index contributed by atoms with van der Waals surface area (Å²) in [5, 5.41) is 3.27. The Morgan fingerprint density at radius 1 is 1.22 bits per heavy atom. The molecule has 1 saturated heterocycles. The molecule has 0 unspecified atom stereocenters. The summed E-state index contributed by atoms with van der Waals surface area (Å²) in [6, 6.07) is 7.63. The Morgan fingerprint density at radius 3 is 2.56 bits per heavy atom. The summed E-state index contributed by atoms with van der Waals surface area (Å²) in [6.07, 6.45) is 1.89. The largest absolute Gasteiger partial charge is 0.453 e. The third-order valence-corrected chi connectivity index (χ3v) is 6.31. The minimum atomic E-state index is -0.764. The molecule has 2 amide bonds. The van der Waals surface area contributed by atoms with Crippen LogP contribution in [0.4, 0.5) is 9.59 Å². The van der Waals surface area contributed by atoms with Crippen LogP contribution in [-0.4, -0.2) is 56.0 Å². The van der Waals surface area contributed by atoms with Gasteiger partial charge in [0, 0.05) is 30.1 Å². The molecule has 1 heterocycles. The molecule has 0 radical (unpaired) electrons. The monoisotopic (exact) mass is 468 g/mol. The molecule has 2 rings (SSSR count). The van der Waals surface area contributed by atoms with Crippen LogP contribution in [0.1, 0.15) is 59.4 Å². The molecule has 1 aliphatic heterocycles. The number of hydrogen-bond acceptors (Lipinski definition) is 5. The van der Waals surface area contributed by atoms with E-state index >= 15 is 0 Å². The average Bonchev–Trinajstić information content (AvgIpc) is 2.92. The fourth-order valence-corrected chi connectivity index (χ4v) is 4.33. The van der Waals surface area contributed by atoms with Crippen molar-refractivity contribution in [2.45, 2.75) is 65.1 Å². The number of carbonyl (C=O) groups excluding carboxylic acids is 2. The molecule has 1 N–H and O–H groups in total. The lowest BCUT2D eigenvalue weighted by atomic mass is 9.67. The first-order valence-electron chi connectivity index (χ1n) is 11.1. The van der Waals surface area contributed by atoms with Crippen molar-refractivity contribution >= 4 is 23.8 Å². The van der Waals surface area contributed by atoms with E-state index in [-0.39, 0.29) is 12.7 Å². The van der Waals surface area contributed by atoms with E-state index in [1.54, 1.807) is 4.90 Å². The quantitative estimate of drug-likeness (QED) is 0.569. The van der Waals surface area contributed by atoms with Crippen LogP contribution in [0.5, 0.6) is 0 Å². The highest BCUT2D eigenvalue weighted by Gasteiger charge is 2.49. The number of alkyl carbamates (subject to hydrolysis) is 1. The van der Waals surface area contributed by atoms with E-state index in [4.69, 9.17) is 21.1 Å². The molecule has 2 atom stereocenters. The predicted octanol–water partition coefficient (Wildman–Crippen LogP) is 5.36. The van der Waals surface area contributed by atoms with Gasteiger partial charge in [0.1, 0.15) is 5.60 Å². The second-order valence-electron chi connectivity index (χ2n) is 9.73. The molecule has 0 spiro atoms. The van der Waals surface area contributed by atoms with Gasteiger partial charge in [0.25, 0.3) is 0 Å². The Hall–Kier alpha value is -1.99. The third-order valence-electron chi connectivity index (χ3n) is 6.07. The van der Waals surface area contributed by atoms with Crippen LogP contribution in [0.25, 0.3) is 0 Å². The molecule has 1 aliphatic rings. The van der Waals surface area contributed by atoms with Crippen LogP contribution in [0.15, 0.2) is 24.3 Å². The first kappa shape index (κ1) is 26.3. The number of methoxy groups -OCH3 is 1. The zero-order valence-corrected chi connectivity index (χ0v) is 20.9. The second-order valence-corrected chi connectivity index (χ2v) is 10.2. The van der Waals surface area contributed by atoms with Crippen molar-refractivity contribution in [1.82, 2.24) is 10.2 Å². The molecule has 1 aromatic carbocycles. The van der Waals surface area contributed by atoms with Gasteiger partial charge in [-0.3, -0.25) is 0 Å². The number of nitrogens with zero attached hydrogens (tertiary/aromatic N) is 1. The molecule has 180 valence electrons. The molecule has 0 aliphatic carbocycles. The molecule has 1 fully saturated rings. The topological polar surface area (TPSA) is 77.1 Å². The van der Waals surface area contributed by atoms with Crippen LogP contribution in [0.3, 0.4) is 0 Å². The van der Waals surface area contributed by atoms with Crippen LogP contribution in [0, 0.1) is 5.41 Å². The molecule has 7 nitrogen and oxygen atoms in total. The standard InChI is InChI=1S/C24H37ClN2O5/c1-22(2,3)32-21(29)27-14-8-7-12-23(4,17-27)24(5,18-10-9-11-19(25)16-18)31-15-13-26-20(28)30-6/h9-11,16H,7-8,12-15,17H2,1-6H3,(H,26,28)/t23-,24+/m1/s1. The van der Waals surface area contributed by atoms with Gasteiger partial charge < -0.3 is 24.4 Å². The molecular formula is C24H37ClN2O5. The summed E-state index contributed by atoms with van der Waals surface area (Å²) in [7, 11) is 1.32. The number of halogens is 1. The number of likely N-dealkylation sites (tertiary alicyclic amines) is 1. The summed E-state index contributed by atoms with van der Waals surface area (Å²) in [5.41, 5.74) is -0.820. The summed E-state index contributed by atoms with van der Waals surface area (Å²) < 4.78 is 16.8. The lowest BCUT2D eigenvalue weighted by molar-refractivity contribution is -0.132. The normalized spacial score (nSPS) is 21.3. The van der Waals surface area contributed by atoms with E-state index < -0.39 is 22.7 Å². The van der Waals surface area contributed by atoms with Gasteiger partial charge in [-0.25, -0.2) is 9.59 Å². The SMILES string of the molecule is COC(=O)NCCO[C@@](C)(c1cccc(Cl)c1)[C@]1(C)CCCCN(C(=O)OC(C)(C)C)C1. The number of rotatable bonds is 6. The molecule has 32 heavy (non-hydrogen) atoms. The lowest BCUT2D eigenvalue weighted by Crippen LogP contribution is -2.52. The number of amides is 2. The van der Waals surface area contributed by atoms with E-state index in [2.05, 4.69) is 17.0 Å². The van der Waals surface area contributed by atoms with E-state index in [1.165, 1.54) is 7.11 Å². The van der Waals surface area contributed by atoms with E-state index in [0.717, 1.165) is 24.8 Å². The summed E-state index contributed by atoms with van der Waals surface area (Å²) >= 11 is 6.33. The van der Waals surface area contributed by atoms with Crippen molar-refractivity contribution in [3.05, 3.63) is 34.9 Å². The number of benzene rings is 1. The van der Waals surface area contributed by atoms with E-state index in [9.17, 15) is 9.59 Å². The highest BCUT2D eigenvalue weighted by Crippen LogP contribution is 2.48. The van der Waals surface area contributed by atoms with Gasteiger partial charge in [-0.05, 0) is 58.2 Å². The van der Waals surface area contributed by atoms with E-state index in [1.807, 2.05) is 52.0 Å². The second kappa shape index (κ2) is 10.8. The Balaban J connectivity index is 2.34. The summed E-state index contributed by atoms with van der Waals surface area (Å²) in [6.45, 7) is 11.5. The predicted molar refractivity (Wildman–Crippen MR) is 125 cm³/mol. The zero-order chi connectivity index (χ0) is 24.0. The molecule has 0 aromatic heterocycles. The minimum absolute atomic E-state index is 0.278. The highest BCUT2D eigenvalue weighted by atomic mass is 35.5. The number of hydrogen-bond donors (Lipinski definition) is 1. The average molecular weight is 469 g/mol. The van der Waals surface area contributed by atoms with Gasteiger partial charge >= 0.3 is 12.2 Å². The van der Waals surface area contributed by atoms with Crippen LogP contribution in [0.2, 0.25) is 5.02 Å². The Morgan fingerprint density at radius 2 is 1.94 bits per heavy atom. The van der Waals surface area contributed by atoms with Gasteiger partial charge in [0.05, 0.1) is 19.3 Å². The maximum Gasteiger partial charge on any atom is 0.410 e. The van der Waals surface area contributed by atoms with Crippen LogP contribution in [-0.2, 0) is 19.8 Å². The highest BCUT2D eigenvalue weighted by molar-refractivity contribution is 6.30. The smallest absolute Gasteiger partial charge is 0.410 e. The molecular weight excluding hydrogens is 432 g/mol. The zero-order valence-electron chi connectivity index (χ0n) is 20.1. The summed E-state index contributed by atoms with van der Waals surface area (Å²) in [4.78, 5) is 26.1. The Bertz CT molecular complexity index is 797. The number of carbonyl (C=O) groups is 2. The first-order chi connectivity index (χ1) is 14.9. The Labute approximate surface area is 196 Å². The molecule has 1 aromatic rings. The third kappa shape index (κ3) is 6.75. The van der Waals surface area contributed by atoms with Crippen LogP contribution < -0.4 is 5.32 Å². The number of ether oxygens (including phenoxy) is 3. The first-order valence-corrected chi connectivity index (χ1v) is 11.5. The Kier molecular flexibility index (Phi) is 8.82. The van der Waals surface area contributed by atoms with Crippen molar-refractivity contribution < 1.29 is 23.8 Å². The van der Waals surface area contributed by atoms with Crippen molar-refractivity contribution in [3.8, 4) is 0 Å². The summed E-state index contributed by atoms with van der Waals surface area (Å²) in [5.74, 6) is 0. The van der Waals surface area contributed by atoms with Crippen molar-refractivity contribution in [2.24, 2.45) is 5.41 Å². The van der Waals surface area contributed by atoms with Gasteiger partial charge in [0.2, 0.25) is 0 Å². The fourth-order valence-electron chi connectivity index (χ4n) is 4.14. The molecule has 8 heteroatoms. The molecule has 0 bridgehead atoms. The fraction of sp³-hybridized carbons (Fsp3) is 0.667. The molecule has 0 saturated carbocycles. The van der Waals surface area contributed by atoms with Gasteiger partial charge in [-0.2, -0.15) is 0 Å².